The first-order chi connectivity index (χ1) is 16.8. The van der Waals surface area contributed by atoms with E-state index in [0.717, 1.165) is 36.3 Å². The van der Waals surface area contributed by atoms with Crippen LogP contribution in [0.3, 0.4) is 0 Å². The lowest BCUT2D eigenvalue weighted by molar-refractivity contribution is -0.116. The van der Waals surface area contributed by atoms with Crippen molar-refractivity contribution in [2.24, 2.45) is 0 Å². The Morgan fingerprint density at radius 2 is 1.83 bits per heavy atom. The normalized spacial score (nSPS) is 14.5. The lowest BCUT2D eigenvalue weighted by atomic mass is 10.1. The summed E-state index contributed by atoms with van der Waals surface area (Å²) < 4.78 is 59.6. The topological polar surface area (TPSA) is 102 Å². The lowest BCUT2D eigenvalue weighted by Gasteiger charge is -2.28. The molecule has 0 spiro atoms. The van der Waals surface area contributed by atoms with Gasteiger partial charge >= 0.3 is 0 Å². The predicted molar refractivity (Wildman–Crippen MR) is 119 cm³/mol. The Morgan fingerprint density at radius 3 is 2.54 bits per heavy atom. The molecule has 4 heterocycles. The van der Waals surface area contributed by atoms with Crippen molar-refractivity contribution in [2.45, 2.75) is 45.6 Å². The molecule has 184 valence electrons. The molecular weight excluding hydrogens is 470 g/mol. The molecule has 3 aromatic heterocycles. The standard InChI is InChI=1S/C22H21F4N7O2/c1-11-17-12(20(23)24)9-14(21(25)26)28-22(17)33(29-11)10-16(34)27-13-5-6-15(19-18(13)30-35-31-19)32-7-3-2-4-8-32/h5-6,9,20-21H,2-4,7-8,10H2,1H3,(H,27,34). The number of rotatable bonds is 6. The molecule has 0 saturated carbocycles. The number of amides is 1. The van der Waals surface area contributed by atoms with Gasteiger partial charge in [-0.25, -0.2) is 31.9 Å². The highest BCUT2D eigenvalue weighted by atomic mass is 19.3. The van der Waals surface area contributed by atoms with Gasteiger partial charge in [0.15, 0.2) is 16.7 Å². The van der Waals surface area contributed by atoms with Crippen LogP contribution in [0.4, 0.5) is 28.9 Å². The summed E-state index contributed by atoms with van der Waals surface area (Å²) in [6.07, 6.45) is -2.76. The Labute approximate surface area is 196 Å². The van der Waals surface area contributed by atoms with Crippen LogP contribution in [-0.4, -0.2) is 44.1 Å². The van der Waals surface area contributed by atoms with Crippen LogP contribution in [0.5, 0.6) is 0 Å². The number of nitrogens with zero attached hydrogens (tertiary/aromatic N) is 6. The summed E-state index contributed by atoms with van der Waals surface area (Å²) in [5.74, 6) is -0.577. The molecular formula is C22H21F4N7O2. The molecule has 0 radical (unpaired) electrons. The smallest absolute Gasteiger partial charge is 0.280 e. The number of aromatic nitrogens is 5. The quantitative estimate of drug-likeness (QED) is 0.387. The van der Waals surface area contributed by atoms with Crippen LogP contribution in [0.25, 0.3) is 22.1 Å². The second-order valence-electron chi connectivity index (χ2n) is 8.37. The third kappa shape index (κ3) is 4.26. The number of nitrogens with one attached hydrogen (secondary N) is 1. The van der Waals surface area contributed by atoms with E-state index in [9.17, 15) is 22.4 Å². The molecule has 1 aliphatic rings. The number of carbonyl (C=O) groups is 1. The van der Waals surface area contributed by atoms with Gasteiger partial charge in [-0.2, -0.15) is 5.10 Å². The molecule has 0 unspecified atom stereocenters. The van der Waals surface area contributed by atoms with Crippen molar-refractivity contribution in [3.05, 3.63) is 35.2 Å². The summed E-state index contributed by atoms with van der Waals surface area (Å²) in [6.45, 7) is 2.78. The first-order valence-electron chi connectivity index (χ1n) is 11.1. The minimum Gasteiger partial charge on any atom is -0.370 e. The first kappa shape index (κ1) is 23.0. The number of fused-ring (bicyclic) bond motifs is 2. The Balaban J connectivity index is 1.44. The number of carbonyl (C=O) groups excluding carboxylic acids is 1. The van der Waals surface area contributed by atoms with E-state index >= 15 is 0 Å². The van der Waals surface area contributed by atoms with Crippen molar-refractivity contribution in [3.8, 4) is 0 Å². The highest BCUT2D eigenvalue weighted by molar-refractivity contribution is 6.03. The fourth-order valence-corrected chi connectivity index (χ4v) is 4.47. The van der Waals surface area contributed by atoms with Crippen LogP contribution in [0.1, 0.15) is 49.1 Å². The molecule has 1 aliphatic heterocycles. The Bertz CT molecular complexity index is 1400. The van der Waals surface area contributed by atoms with Crippen LogP contribution in [0.2, 0.25) is 0 Å². The Morgan fingerprint density at radius 1 is 1.09 bits per heavy atom. The Hall–Kier alpha value is -3.77. The van der Waals surface area contributed by atoms with Crippen molar-refractivity contribution < 1.29 is 27.0 Å². The van der Waals surface area contributed by atoms with Gasteiger partial charge in [-0.15, -0.1) is 0 Å². The van der Waals surface area contributed by atoms with Crippen LogP contribution in [-0.2, 0) is 11.3 Å². The number of aryl methyl sites for hydroxylation is 1. The average Bonchev–Trinajstić information content (AvgIpc) is 3.45. The van der Waals surface area contributed by atoms with E-state index in [-0.39, 0.29) is 16.7 Å². The van der Waals surface area contributed by atoms with Crippen LogP contribution < -0.4 is 10.2 Å². The fourth-order valence-electron chi connectivity index (χ4n) is 4.47. The lowest BCUT2D eigenvalue weighted by Crippen LogP contribution is -2.29. The van der Waals surface area contributed by atoms with Crippen molar-refractivity contribution in [1.82, 2.24) is 25.1 Å². The second-order valence-corrected chi connectivity index (χ2v) is 8.37. The molecule has 13 heteroatoms. The number of halogens is 4. The third-order valence-electron chi connectivity index (χ3n) is 6.04. The van der Waals surface area contributed by atoms with Gasteiger partial charge in [0.25, 0.3) is 12.9 Å². The third-order valence-corrected chi connectivity index (χ3v) is 6.04. The Kier molecular flexibility index (Phi) is 5.99. The van der Waals surface area contributed by atoms with Crippen molar-refractivity contribution in [1.29, 1.82) is 0 Å². The van der Waals surface area contributed by atoms with E-state index in [4.69, 9.17) is 4.63 Å². The van der Waals surface area contributed by atoms with Crippen molar-refractivity contribution in [2.75, 3.05) is 23.3 Å². The van der Waals surface area contributed by atoms with Gasteiger partial charge < -0.3 is 10.2 Å². The molecule has 35 heavy (non-hydrogen) atoms. The number of hydrogen-bond donors (Lipinski definition) is 1. The van der Waals surface area contributed by atoms with E-state index in [1.807, 2.05) is 6.07 Å². The summed E-state index contributed by atoms with van der Waals surface area (Å²) in [5, 5.41) is 14.7. The van der Waals surface area contributed by atoms with Gasteiger partial charge in [0.05, 0.1) is 22.5 Å². The van der Waals surface area contributed by atoms with E-state index in [1.54, 1.807) is 6.07 Å². The monoisotopic (exact) mass is 491 g/mol. The molecule has 0 atom stereocenters. The molecule has 1 aromatic carbocycles. The van der Waals surface area contributed by atoms with E-state index in [1.165, 1.54) is 13.3 Å². The zero-order valence-electron chi connectivity index (χ0n) is 18.6. The molecule has 1 fully saturated rings. The molecule has 0 aliphatic carbocycles. The molecule has 4 aromatic rings. The van der Waals surface area contributed by atoms with E-state index < -0.39 is 36.6 Å². The highest BCUT2D eigenvalue weighted by Crippen LogP contribution is 2.33. The second kappa shape index (κ2) is 9.12. The number of alkyl halides is 4. The maximum atomic E-state index is 13.6. The molecule has 0 bridgehead atoms. The van der Waals surface area contributed by atoms with Gasteiger partial charge in [0.2, 0.25) is 5.91 Å². The number of hydrogen-bond acceptors (Lipinski definition) is 7. The van der Waals surface area contributed by atoms with Crippen LogP contribution >= 0.6 is 0 Å². The minimum absolute atomic E-state index is 0.0498. The maximum Gasteiger partial charge on any atom is 0.280 e. The number of benzene rings is 1. The van der Waals surface area contributed by atoms with Crippen LogP contribution in [0, 0.1) is 6.92 Å². The number of piperidine rings is 1. The van der Waals surface area contributed by atoms with Crippen LogP contribution in [0.15, 0.2) is 22.8 Å². The van der Waals surface area contributed by atoms with E-state index in [0.29, 0.717) is 22.8 Å². The molecule has 9 nitrogen and oxygen atoms in total. The molecule has 1 N–H and O–H groups in total. The molecule has 5 rings (SSSR count). The summed E-state index contributed by atoms with van der Waals surface area (Å²) in [7, 11) is 0. The first-order valence-corrected chi connectivity index (χ1v) is 11.1. The van der Waals surface area contributed by atoms with Gasteiger partial charge in [-0.05, 0) is 54.7 Å². The van der Waals surface area contributed by atoms with Gasteiger partial charge in [0, 0.05) is 18.7 Å². The summed E-state index contributed by atoms with van der Waals surface area (Å²) in [5.41, 5.74) is 0.613. The SMILES string of the molecule is Cc1nn(CC(=O)Nc2ccc(N3CCCCC3)c3nonc23)c2nc(C(F)F)cc(C(F)F)c12. The van der Waals surface area contributed by atoms with E-state index in [2.05, 4.69) is 30.6 Å². The number of pyridine rings is 1. The zero-order chi connectivity index (χ0) is 24.7. The minimum atomic E-state index is -3.05. The van der Waals surface area contributed by atoms with Gasteiger partial charge in [0.1, 0.15) is 12.2 Å². The molecule has 1 amide bonds. The van der Waals surface area contributed by atoms with Crippen molar-refractivity contribution >= 4 is 39.3 Å². The summed E-state index contributed by atoms with van der Waals surface area (Å²) in [4.78, 5) is 18.8. The average molecular weight is 491 g/mol. The summed E-state index contributed by atoms with van der Waals surface area (Å²) >= 11 is 0. The highest BCUT2D eigenvalue weighted by Gasteiger charge is 2.25. The largest absolute Gasteiger partial charge is 0.370 e. The number of anilines is 2. The zero-order valence-corrected chi connectivity index (χ0v) is 18.6. The predicted octanol–water partition coefficient (Wildman–Crippen LogP) is 4.78. The van der Waals surface area contributed by atoms with Crippen molar-refractivity contribution in [3.63, 3.8) is 0 Å². The van der Waals surface area contributed by atoms with Gasteiger partial charge in [-0.3, -0.25) is 4.79 Å². The molecule has 1 saturated heterocycles. The maximum absolute atomic E-state index is 13.6. The summed E-state index contributed by atoms with van der Waals surface area (Å²) in [6, 6.07) is 4.18. The van der Waals surface area contributed by atoms with Gasteiger partial charge in [-0.1, -0.05) is 0 Å². The fraction of sp³-hybridized carbons (Fsp3) is 0.409.